The van der Waals surface area contributed by atoms with E-state index < -0.39 is 5.97 Å². The number of Topliss-reactive ketones (excluding diaryl/α,β-unsaturated/α-hetero) is 1. The number of aromatic carboxylic acids is 1. The zero-order valence-electron chi connectivity index (χ0n) is 13.8. The van der Waals surface area contributed by atoms with Gasteiger partial charge >= 0.3 is 5.97 Å². The summed E-state index contributed by atoms with van der Waals surface area (Å²) >= 11 is 5.84. The molecule has 0 unspecified atom stereocenters. The van der Waals surface area contributed by atoms with E-state index in [2.05, 4.69) is 9.97 Å². The van der Waals surface area contributed by atoms with Crippen molar-refractivity contribution in [2.45, 2.75) is 12.8 Å². The third-order valence-electron chi connectivity index (χ3n) is 4.37. The third-order valence-corrected chi connectivity index (χ3v) is 4.62. The maximum atomic E-state index is 12.5. The molecule has 1 aromatic heterocycles. The van der Waals surface area contributed by atoms with E-state index in [-0.39, 0.29) is 29.0 Å². The molecular weight excluding hydrogens is 358 g/mol. The Bertz CT molecular complexity index is 829. The van der Waals surface area contributed by atoms with Crippen LogP contribution in [0.1, 0.15) is 44.2 Å². The van der Waals surface area contributed by atoms with Gasteiger partial charge in [-0.3, -0.25) is 9.59 Å². The zero-order valence-corrected chi connectivity index (χ0v) is 14.5. The molecule has 0 bridgehead atoms. The first-order chi connectivity index (χ1) is 12.5. The highest BCUT2D eigenvalue weighted by molar-refractivity contribution is 6.30. The summed E-state index contributed by atoms with van der Waals surface area (Å²) in [6, 6.07) is 6.80. The number of benzene rings is 1. The van der Waals surface area contributed by atoms with Crippen LogP contribution < -0.4 is 0 Å². The maximum Gasteiger partial charge on any atom is 0.356 e. The van der Waals surface area contributed by atoms with Crippen molar-refractivity contribution in [1.29, 1.82) is 0 Å². The van der Waals surface area contributed by atoms with Crippen molar-refractivity contribution >= 4 is 29.3 Å². The second-order valence-corrected chi connectivity index (χ2v) is 6.47. The van der Waals surface area contributed by atoms with Crippen molar-refractivity contribution < 1.29 is 19.5 Å². The SMILES string of the molecule is O=C(O)c1cnc(C(=O)N2CCC(C(=O)c3ccc(Cl)cc3)CC2)cn1. The largest absolute Gasteiger partial charge is 0.476 e. The average molecular weight is 374 g/mol. The Morgan fingerprint density at radius 1 is 1.00 bits per heavy atom. The molecule has 0 aliphatic carbocycles. The molecular formula is C18H16ClN3O4. The first-order valence-corrected chi connectivity index (χ1v) is 8.48. The smallest absolute Gasteiger partial charge is 0.356 e. The molecule has 0 spiro atoms. The van der Waals surface area contributed by atoms with E-state index in [0.29, 0.717) is 36.5 Å². The Kier molecular flexibility index (Phi) is 5.27. The number of carboxylic acids is 1. The summed E-state index contributed by atoms with van der Waals surface area (Å²) in [4.78, 5) is 44.9. The number of carbonyl (C=O) groups excluding carboxylic acids is 2. The van der Waals surface area contributed by atoms with Gasteiger partial charge in [0.15, 0.2) is 11.5 Å². The van der Waals surface area contributed by atoms with Gasteiger partial charge in [0.1, 0.15) is 5.69 Å². The van der Waals surface area contributed by atoms with Crippen molar-refractivity contribution in [2.75, 3.05) is 13.1 Å². The summed E-state index contributed by atoms with van der Waals surface area (Å²) in [6.07, 6.45) is 3.35. The topological polar surface area (TPSA) is 100 Å². The number of hydrogen-bond donors (Lipinski definition) is 1. The molecule has 1 aliphatic rings. The summed E-state index contributed by atoms with van der Waals surface area (Å²) in [7, 11) is 0. The molecule has 2 aromatic rings. The third kappa shape index (κ3) is 3.88. The quantitative estimate of drug-likeness (QED) is 0.826. The van der Waals surface area contributed by atoms with Crippen LogP contribution in [-0.4, -0.2) is 50.7 Å². The summed E-state index contributed by atoms with van der Waals surface area (Å²) in [5.74, 6) is -1.59. The molecule has 1 amide bonds. The lowest BCUT2D eigenvalue weighted by molar-refractivity contribution is 0.0642. The predicted octanol–water partition coefficient (Wildman–Crippen LogP) is 2.56. The van der Waals surface area contributed by atoms with Gasteiger partial charge < -0.3 is 10.0 Å². The minimum Gasteiger partial charge on any atom is -0.476 e. The number of carboxylic acid groups (broad SMARTS) is 1. The van der Waals surface area contributed by atoms with E-state index in [0.717, 1.165) is 12.4 Å². The number of amides is 1. The van der Waals surface area contributed by atoms with Crippen LogP contribution in [0.3, 0.4) is 0 Å². The highest BCUT2D eigenvalue weighted by Gasteiger charge is 2.29. The molecule has 0 radical (unpaired) electrons. The number of aromatic nitrogens is 2. The molecule has 7 nitrogen and oxygen atoms in total. The number of likely N-dealkylation sites (tertiary alicyclic amines) is 1. The van der Waals surface area contributed by atoms with Crippen LogP contribution >= 0.6 is 11.6 Å². The normalized spacial score (nSPS) is 14.9. The molecule has 1 saturated heterocycles. The molecule has 134 valence electrons. The molecule has 8 heteroatoms. The Morgan fingerprint density at radius 2 is 1.58 bits per heavy atom. The van der Waals surface area contributed by atoms with Crippen LogP contribution in [0.2, 0.25) is 5.02 Å². The summed E-state index contributed by atoms with van der Waals surface area (Å²) < 4.78 is 0. The molecule has 2 heterocycles. The first kappa shape index (κ1) is 18.0. The van der Waals surface area contributed by atoms with Crippen LogP contribution in [0, 0.1) is 5.92 Å². The fraction of sp³-hybridized carbons (Fsp3) is 0.278. The maximum absolute atomic E-state index is 12.5. The number of halogens is 1. The highest BCUT2D eigenvalue weighted by Crippen LogP contribution is 2.23. The lowest BCUT2D eigenvalue weighted by Crippen LogP contribution is -2.40. The van der Waals surface area contributed by atoms with Crippen molar-refractivity contribution in [1.82, 2.24) is 14.9 Å². The Labute approximate surface area is 154 Å². The molecule has 1 aromatic carbocycles. The predicted molar refractivity (Wildman–Crippen MR) is 93.4 cm³/mol. The molecule has 1 aliphatic heterocycles. The molecule has 0 saturated carbocycles. The average Bonchev–Trinajstić information content (AvgIpc) is 2.67. The van der Waals surface area contributed by atoms with Gasteiger partial charge in [-0.1, -0.05) is 11.6 Å². The van der Waals surface area contributed by atoms with Crippen molar-refractivity contribution in [3.05, 3.63) is 58.6 Å². The zero-order chi connectivity index (χ0) is 18.7. The van der Waals surface area contributed by atoms with Crippen LogP contribution in [0.15, 0.2) is 36.7 Å². The Morgan fingerprint density at radius 3 is 2.12 bits per heavy atom. The van der Waals surface area contributed by atoms with E-state index in [1.807, 2.05) is 0 Å². The number of hydrogen-bond acceptors (Lipinski definition) is 5. The van der Waals surface area contributed by atoms with Crippen LogP contribution in [0.4, 0.5) is 0 Å². The van der Waals surface area contributed by atoms with Gasteiger partial charge in [0, 0.05) is 29.6 Å². The standard InChI is InChI=1S/C18H16ClN3O4/c19-13-3-1-11(2-4-13)16(23)12-5-7-22(8-6-12)17(24)14-9-21-15(10-20-14)18(25)26/h1-4,9-10,12H,5-8H2,(H,25,26). The van der Waals surface area contributed by atoms with E-state index in [1.54, 1.807) is 29.2 Å². The molecule has 3 rings (SSSR count). The van der Waals surface area contributed by atoms with Crippen LogP contribution in [0.25, 0.3) is 0 Å². The number of piperidine rings is 1. The van der Waals surface area contributed by atoms with Crippen molar-refractivity contribution in [3.63, 3.8) is 0 Å². The Hall–Kier alpha value is -2.80. The van der Waals surface area contributed by atoms with Gasteiger partial charge in [0.05, 0.1) is 12.4 Å². The fourth-order valence-corrected chi connectivity index (χ4v) is 3.03. The minimum atomic E-state index is -1.20. The minimum absolute atomic E-state index is 0.0550. The summed E-state index contributed by atoms with van der Waals surface area (Å²) in [5, 5.41) is 9.40. The van der Waals surface area contributed by atoms with Gasteiger partial charge in [0.2, 0.25) is 0 Å². The Balaban J connectivity index is 1.60. The number of carbonyl (C=O) groups is 3. The molecule has 1 fully saturated rings. The van der Waals surface area contributed by atoms with E-state index in [9.17, 15) is 14.4 Å². The van der Waals surface area contributed by atoms with Gasteiger partial charge in [-0.25, -0.2) is 14.8 Å². The molecule has 26 heavy (non-hydrogen) atoms. The van der Waals surface area contributed by atoms with E-state index in [4.69, 9.17) is 16.7 Å². The van der Waals surface area contributed by atoms with Crippen molar-refractivity contribution in [2.24, 2.45) is 5.92 Å². The molecule has 0 atom stereocenters. The van der Waals surface area contributed by atoms with Crippen LogP contribution in [-0.2, 0) is 0 Å². The van der Waals surface area contributed by atoms with Gasteiger partial charge in [-0.05, 0) is 37.1 Å². The highest BCUT2D eigenvalue weighted by atomic mass is 35.5. The monoisotopic (exact) mass is 373 g/mol. The van der Waals surface area contributed by atoms with Gasteiger partial charge in [-0.15, -0.1) is 0 Å². The molecule has 1 N–H and O–H groups in total. The van der Waals surface area contributed by atoms with Crippen molar-refractivity contribution in [3.8, 4) is 0 Å². The summed E-state index contributed by atoms with van der Waals surface area (Å²) in [5.41, 5.74) is 0.501. The first-order valence-electron chi connectivity index (χ1n) is 8.10. The second-order valence-electron chi connectivity index (χ2n) is 6.03. The van der Waals surface area contributed by atoms with E-state index >= 15 is 0 Å². The lowest BCUT2D eigenvalue weighted by atomic mass is 9.89. The lowest BCUT2D eigenvalue weighted by Gasteiger charge is -2.31. The second kappa shape index (κ2) is 7.61. The summed E-state index contributed by atoms with van der Waals surface area (Å²) in [6.45, 7) is 0.871. The van der Waals surface area contributed by atoms with E-state index in [1.165, 1.54) is 0 Å². The number of nitrogens with zero attached hydrogens (tertiary/aromatic N) is 3. The van der Waals surface area contributed by atoms with Gasteiger partial charge in [0.25, 0.3) is 5.91 Å². The van der Waals surface area contributed by atoms with Gasteiger partial charge in [-0.2, -0.15) is 0 Å². The number of rotatable bonds is 4. The number of ketones is 1. The van der Waals surface area contributed by atoms with Crippen LogP contribution in [0.5, 0.6) is 0 Å². The fourth-order valence-electron chi connectivity index (χ4n) is 2.91.